The van der Waals surface area contributed by atoms with Crippen LogP contribution >= 0.6 is 11.6 Å². The molecule has 0 unspecified atom stereocenters. The van der Waals surface area contributed by atoms with Gasteiger partial charge in [0.05, 0.1) is 20.1 Å². The normalized spacial score (nSPS) is 12.6. The summed E-state index contributed by atoms with van der Waals surface area (Å²) in [5.74, 6) is -1.14. The molecule has 20 heavy (non-hydrogen) atoms. The van der Waals surface area contributed by atoms with Crippen LogP contribution in [0, 0.1) is 5.82 Å². The average molecular weight is 316 g/mol. The van der Waals surface area contributed by atoms with Gasteiger partial charge in [0.2, 0.25) is 0 Å². The Labute approximate surface area is 126 Å². The first-order valence-electron chi connectivity index (χ1n) is 6.21. The molecule has 0 bridgehead atoms. The lowest BCUT2D eigenvalue weighted by molar-refractivity contribution is 0.0959. The van der Waals surface area contributed by atoms with Gasteiger partial charge < -0.3 is 16.0 Å². The van der Waals surface area contributed by atoms with Crippen molar-refractivity contribution in [2.75, 3.05) is 27.7 Å². The van der Waals surface area contributed by atoms with Crippen molar-refractivity contribution in [3.8, 4) is 0 Å². The van der Waals surface area contributed by atoms with Gasteiger partial charge in [0.25, 0.3) is 5.91 Å². The number of hydrogen-bond acceptors (Lipinski definition) is 3. The van der Waals surface area contributed by atoms with Crippen LogP contribution in [0.25, 0.3) is 0 Å². The van der Waals surface area contributed by atoms with Crippen molar-refractivity contribution in [2.45, 2.75) is 11.7 Å². The molecule has 0 spiro atoms. The molecule has 0 aliphatic heterocycles. The van der Waals surface area contributed by atoms with E-state index in [4.69, 9.17) is 17.3 Å². The van der Waals surface area contributed by atoms with Crippen molar-refractivity contribution in [1.82, 2.24) is 10.2 Å². The van der Waals surface area contributed by atoms with Crippen LogP contribution in [0.1, 0.15) is 15.9 Å². The molecular weight excluding hydrogens is 297 g/mol. The molecule has 0 saturated heterocycles. The lowest BCUT2D eigenvalue weighted by Crippen LogP contribution is -2.40. The van der Waals surface area contributed by atoms with Crippen molar-refractivity contribution in [2.24, 2.45) is 5.73 Å². The SMILES string of the molecule is CNC(=O)c1ccc(C[Si][C@@H](CN)N(C)C)c(Cl)c1F. The molecule has 0 aliphatic carbocycles. The van der Waals surface area contributed by atoms with E-state index in [1.54, 1.807) is 6.07 Å². The number of amides is 1. The van der Waals surface area contributed by atoms with Crippen LogP contribution in [0.15, 0.2) is 12.1 Å². The zero-order valence-corrected chi connectivity index (χ0v) is 13.6. The maximum absolute atomic E-state index is 14.0. The Kier molecular flexibility index (Phi) is 6.61. The van der Waals surface area contributed by atoms with Crippen molar-refractivity contribution in [3.63, 3.8) is 0 Å². The lowest BCUT2D eigenvalue weighted by Gasteiger charge is -2.22. The minimum Gasteiger partial charge on any atom is -0.355 e. The maximum atomic E-state index is 14.0. The first-order valence-corrected chi connectivity index (χ1v) is 7.87. The Balaban J connectivity index is 2.88. The van der Waals surface area contributed by atoms with E-state index < -0.39 is 11.7 Å². The molecule has 0 fully saturated rings. The van der Waals surface area contributed by atoms with Crippen LogP contribution in [-0.4, -0.2) is 53.7 Å². The van der Waals surface area contributed by atoms with Gasteiger partial charge in [0.1, 0.15) is 0 Å². The summed E-state index contributed by atoms with van der Waals surface area (Å²) in [6.07, 6.45) is 0. The fraction of sp³-hybridized carbons (Fsp3) is 0.462. The van der Waals surface area contributed by atoms with E-state index in [0.29, 0.717) is 27.7 Å². The molecule has 0 aromatic heterocycles. The summed E-state index contributed by atoms with van der Waals surface area (Å²) < 4.78 is 14.0. The van der Waals surface area contributed by atoms with E-state index in [-0.39, 0.29) is 16.3 Å². The smallest absolute Gasteiger partial charge is 0.254 e. The minimum atomic E-state index is -0.664. The summed E-state index contributed by atoms with van der Waals surface area (Å²) in [4.78, 5) is 13.5. The Morgan fingerprint density at radius 2 is 2.20 bits per heavy atom. The number of nitrogens with zero attached hydrogens (tertiary/aromatic N) is 1. The Bertz CT molecular complexity index is 485. The van der Waals surface area contributed by atoms with Crippen LogP contribution < -0.4 is 11.1 Å². The van der Waals surface area contributed by atoms with E-state index in [0.717, 1.165) is 0 Å². The molecule has 1 aromatic rings. The summed E-state index contributed by atoms with van der Waals surface area (Å²) in [7, 11) is 5.89. The van der Waals surface area contributed by atoms with E-state index in [9.17, 15) is 9.18 Å². The second-order valence-corrected chi connectivity index (χ2v) is 6.38. The van der Waals surface area contributed by atoms with Crippen molar-refractivity contribution in [3.05, 3.63) is 34.1 Å². The summed E-state index contributed by atoms with van der Waals surface area (Å²) in [6.45, 7) is 0.544. The van der Waals surface area contributed by atoms with Gasteiger partial charge in [0, 0.05) is 19.3 Å². The highest BCUT2D eigenvalue weighted by molar-refractivity contribution is 6.39. The molecule has 4 nitrogen and oxygen atoms in total. The third-order valence-electron chi connectivity index (χ3n) is 3.01. The van der Waals surface area contributed by atoms with E-state index in [1.165, 1.54) is 13.1 Å². The van der Waals surface area contributed by atoms with Crippen LogP contribution in [-0.2, 0) is 6.04 Å². The van der Waals surface area contributed by atoms with Gasteiger partial charge in [-0.1, -0.05) is 17.7 Å². The second-order valence-electron chi connectivity index (χ2n) is 4.58. The van der Waals surface area contributed by atoms with E-state index >= 15 is 0 Å². The number of nitrogens with two attached hydrogens (primary N) is 1. The monoisotopic (exact) mass is 315 g/mol. The molecule has 0 saturated carbocycles. The first kappa shape index (κ1) is 17.1. The molecule has 0 heterocycles. The highest BCUT2D eigenvalue weighted by Gasteiger charge is 2.18. The Morgan fingerprint density at radius 3 is 2.70 bits per heavy atom. The second kappa shape index (κ2) is 7.73. The summed E-state index contributed by atoms with van der Waals surface area (Å²) in [5.41, 5.74) is 6.61. The quantitative estimate of drug-likeness (QED) is 0.767. The number of benzene rings is 1. The fourth-order valence-corrected chi connectivity index (χ4v) is 3.37. The molecule has 110 valence electrons. The average Bonchev–Trinajstić information content (AvgIpc) is 2.42. The number of hydrogen-bond donors (Lipinski definition) is 2. The highest BCUT2D eigenvalue weighted by Crippen LogP contribution is 2.23. The summed E-state index contributed by atoms with van der Waals surface area (Å²) in [6, 6.07) is 3.81. The number of halogens is 2. The lowest BCUT2D eigenvalue weighted by atomic mass is 10.1. The maximum Gasteiger partial charge on any atom is 0.254 e. The van der Waals surface area contributed by atoms with Crippen molar-refractivity contribution < 1.29 is 9.18 Å². The third kappa shape index (κ3) is 4.02. The molecule has 7 heteroatoms. The fourth-order valence-electron chi connectivity index (χ4n) is 1.74. The van der Waals surface area contributed by atoms with Crippen LogP contribution in [0.3, 0.4) is 0 Å². The van der Waals surface area contributed by atoms with Gasteiger partial charge in [0.15, 0.2) is 5.82 Å². The molecule has 3 N–H and O–H groups in total. The largest absolute Gasteiger partial charge is 0.355 e. The van der Waals surface area contributed by atoms with Crippen LogP contribution in [0.4, 0.5) is 4.39 Å². The summed E-state index contributed by atoms with van der Waals surface area (Å²) in [5, 5.41) is 2.41. The Morgan fingerprint density at radius 1 is 1.55 bits per heavy atom. The number of carbonyl (C=O) groups is 1. The highest BCUT2D eigenvalue weighted by atomic mass is 35.5. The standard InChI is InChI=1S/C13H19ClFN3OSi/c1-17-13(19)9-5-4-8(11(14)12(9)15)7-20-10(6-16)18(2)3/h4-5,10H,6-7,16H2,1-3H3,(H,17,19)/t10-/m0/s1. The van der Waals surface area contributed by atoms with E-state index in [1.807, 2.05) is 19.0 Å². The minimum absolute atomic E-state index is 0.0214. The number of likely N-dealkylation sites (N-methyl/N-ethyl adjacent to an activating group) is 1. The van der Waals surface area contributed by atoms with Crippen LogP contribution in [0.2, 0.25) is 5.02 Å². The van der Waals surface area contributed by atoms with Gasteiger partial charge in [-0.25, -0.2) is 4.39 Å². The topological polar surface area (TPSA) is 58.4 Å². The van der Waals surface area contributed by atoms with E-state index in [2.05, 4.69) is 5.32 Å². The molecule has 0 aliphatic rings. The predicted octanol–water partition coefficient (Wildman–Crippen LogP) is 0.889. The van der Waals surface area contributed by atoms with Gasteiger partial charge in [-0.2, -0.15) is 0 Å². The van der Waals surface area contributed by atoms with Crippen LogP contribution in [0.5, 0.6) is 0 Å². The molecule has 1 amide bonds. The number of rotatable bonds is 6. The van der Waals surface area contributed by atoms with Crippen molar-refractivity contribution in [1.29, 1.82) is 0 Å². The third-order valence-corrected chi connectivity index (χ3v) is 5.23. The summed E-state index contributed by atoms with van der Waals surface area (Å²) >= 11 is 6.01. The molecule has 2 radical (unpaired) electrons. The van der Waals surface area contributed by atoms with Gasteiger partial charge >= 0.3 is 0 Å². The number of nitrogens with one attached hydrogen (secondary N) is 1. The first-order chi connectivity index (χ1) is 9.42. The number of carbonyl (C=O) groups excluding carboxylic acids is 1. The van der Waals surface area contributed by atoms with Gasteiger partial charge in [-0.05, 0) is 31.8 Å². The van der Waals surface area contributed by atoms with Gasteiger partial charge in [-0.15, -0.1) is 0 Å². The molecule has 1 atom stereocenters. The van der Waals surface area contributed by atoms with Crippen molar-refractivity contribution >= 4 is 27.0 Å². The zero-order chi connectivity index (χ0) is 15.3. The predicted molar refractivity (Wildman–Crippen MR) is 80.8 cm³/mol. The van der Waals surface area contributed by atoms with Gasteiger partial charge in [-0.3, -0.25) is 4.79 Å². The molecular formula is C13H19ClFN3OSi. The Hall–Kier alpha value is -0.953. The molecule has 1 rings (SSSR count). The zero-order valence-electron chi connectivity index (χ0n) is 11.8. The molecule has 1 aromatic carbocycles.